The maximum Gasteiger partial charge on any atom is 0.0743 e. The third-order valence-electron chi connectivity index (χ3n) is 3.62. The third-order valence-corrected chi connectivity index (χ3v) is 3.62. The average Bonchev–Trinajstić information content (AvgIpc) is 2.30. The van der Waals surface area contributed by atoms with E-state index in [0.717, 1.165) is 25.6 Å². The molecule has 0 aromatic heterocycles. The number of morpholine rings is 1. The van der Waals surface area contributed by atoms with Crippen molar-refractivity contribution in [1.82, 2.24) is 10.6 Å². The Balaban J connectivity index is 1.91. The van der Waals surface area contributed by atoms with E-state index in [0.29, 0.717) is 12.1 Å². The van der Waals surface area contributed by atoms with Crippen LogP contribution in [0.3, 0.4) is 0 Å². The largest absolute Gasteiger partial charge is 0.375 e. The second-order valence-electron chi connectivity index (χ2n) is 4.46. The fourth-order valence-electron chi connectivity index (χ4n) is 2.82. The standard InChI is InChI=1S/C11H22N2O/c1-12-10-5-3-2-4-9(10)11-8-13-6-7-14-11/h9-13H,2-8H2,1H3/t9-,10-,11?/m1/s1. The SMILES string of the molecule is CN[C@@H]1CCCC[C@H]1C1CNCCO1. The summed E-state index contributed by atoms with van der Waals surface area (Å²) in [5.41, 5.74) is 0. The Labute approximate surface area is 86.6 Å². The zero-order valence-electron chi connectivity index (χ0n) is 9.09. The summed E-state index contributed by atoms with van der Waals surface area (Å²) in [5.74, 6) is 0.724. The first-order chi connectivity index (χ1) is 6.92. The Hall–Kier alpha value is -0.120. The molecule has 14 heavy (non-hydrogen) atoms. The molecule has 1 aliphatic carbocycles. The molecule has 0 radical (unpaired) electrons. The molecule has 1 saturated heterocycles. The fraction of sp³-hybridized carbons (Fsp3) is 1.00. The van der Waals surface area contributed by atoms with Gasteiger partial charge in [0.25, 0.3) is 0 Å². The lowest BCUT2D eigenvalue weighted by Crippen LogP contribution is -2.50. The molecule has 0 spiro atoms. The number of hydrogen-bond acceptors (Lipinski definition) is 3. The Kier molecular flexibility index (Phi) is 3.79. The first kappa shape index (κ1) is 10.4. The van der Waals surface area contributed by atoms with E-state index in [1.54, 1.807) is 0 Å². The van der Waals surface area contributed by atoms with Crippen LogP contribution in [0.4, 0.5) is 0 Å². The zero-order valence-corrected chi connectivity index (χ0v) is 9.09. The van der Waals surface area contributed by atoms with Crippen molar-refractivity contribution >= 4 is 0 Å². The molecule has 0 amide bonds. The van der Waals surface area contributed by atoms with Crippen molar-refractivity contribution < 1.29 is 4.74 Å². The van der Waals surface area contributed by atoms with Gasteiger partial charge in [0.1, 0.15) is 0 Å². The minimum absolute atomic E-state index is 0.446. The predicted molar refractivity (Wildman–Crippen MR) is 57.4 cm³/mol. The number of rotatable bonds is 2. The summed E-state index contributed by atoms with van der Waals surface area (Å²) in [6.45, 7) is 2.95. The molecule has 2 aliphatic rings. The van der Waals surface area contributed by atoms with E-state index in [9.17, 15) is 0 Å². The normalized spacial score (nSPS) is 39.6. The lowest BCUT2D eigenvalue weighted by Gasteiger charge is -2.38. The maximum atomic E-state index is 5.85. The Morgan fingerprint density at radius 1 is 1.29 bits per heavy atom. The van der Waals surface area contributed by atoms with Crippen LogP contribution in [0.15, 0.2) is 0 Å². The quantitative estimate of drug-likeness (QED) is 0.687. The lowest BCUT2D eigenvalue weighted by atomic mass is 9.80. The summed E-state index contributed by atoms with van der Waals surface area (Å²) in [6.07, 6.45) is 5.85. The Bertz CT molecular complexity index is 169. The zero-order chi connectivity index (χ0) is 9.80. The molecule has 1 aliphatic heterocycles. The average molecular weight is 198 g/mol. The van der Waals surface area contributed by atoms with Gasteiger partial charge in [0.15, 0.2) is 0 Å². The van der Waals surface area contributed by atoms with E-state index in [1.165, 1.54) is 25.7 Å². The Morgan fingerprint density at radius 3 is 2.86 bits per heavy atom. The molecule has 82 valence electrons. The smallest absolute Gasteiger partial charge is 0.0743 e. The summed E-state index contributed by atoms with van der Waals surface area (Å²) in [5, 5.41) is 6.87. The molecule has 2 rings (SSSR count). The van der Waals surface area contributed by atoms with Gasteiger partial charge < -0.3 is 15.4 Å². The summed E-state index contributed by atoms with van der Waals surface area (Å²) >= 11 is 0. The van der Waals surface area contributed by atoms with E-state index < -0.39 is 0 Å². The predicted octanol–water partition coefficient (Wildman–Crippen LogP) is 0.753. The molecular formula is C11H22N2O. The van der Waals surface area contributed by atoms with Gasteiger partial charge in [-0.25, -0.2) is 0 Å². The molecule has 0 bridgehead atoms. The molecule has 2 fully saturated rings. The highest BCUT2D eigenvalue weighted by Crippen LogP contribution is 2.28. The van der Waals surface area contributed by atoms with Gasteiger partial charge in [0.05, 0.1) is 12.7 Å². The molecule has 1 saturated carbocycles. The van der Waals surface area contributed by atoms with Gasteiger partial charge >= 0.3 is 0 Å². The van der Waals surface area contributed by atoms with Crippen LogP contribution < -0.4 is 10.6 Å². The topological polar surface area (TPSA) is 33.3 Å². The maximum absolute atomic E-state index is 5.85. The fourth-order valence-corrected chi connectivity index (χ4v) is 2.82. The van der Waals surface area contributed by atoms with E-state index >= 15 is 0 Å². The molecule has 2 N–H and O–H groups in total. The monoisotopic (exact) mass is 198 g/mol. The van der Waals surface area contributed by atoms with Gasteiger partial charge in [-0.1, -0.05) is 12.8 Å². The van der Waals surface area contributed by atoms with Gasteiger partial charge in [0, 0.05) is 25.0 Å². The van der Waals surface area contributed by atoms with E-state index in [4.69, 9.17) is 4.74 Å². The van der Waals surface area contributed by atoms with E-state index in [2.05, 4.69) is 17.7 Å². The minimum Gasteiger partial charge on any atom is -0.375 e. The van der Waals surface area contributed by atoms with Crippen LogP contribution in [0.1, 0.15) is 25.7 Å². The van der Waals surface area contributed by atoms with Gasteiger partial charge in [0.2, 0.25) is 0 Å². The van der Waals surface area contributed by atoms with Gasteiger partial charge in [-0.05, 0) is 19.9 Å². The molecule has 0 aromatic carbocycles. The van der Waals surface area contributed by atoms with Crippen molar-refractivity contribution in [3.05, 3.63) is 0 Å². The van der Waals surface area contributed by atoms with Crippen molar-refractivity contribution in [2.75, 3.05) is 26.7 Å². The molecule has 0 aromatic rings. The van der Waals surface area contributed by atoms with Crippen molar-refractivity contribution in [1.29, 1.82) is 0 Å². The number of nitrogens with one attached hydrogen (secondary N) is 2. The van der Waals surface area contributed by atoms with Crippen LogP contribution in [0, 0.1) is 5.92 Å². The van der Waals surface area contributed by atoms with Crippen LogP contribution in [0.5, 0.6) is 0 Å². The van der Waals surface area contributed by atoms with Crippen molar-refractivity contribution in [2.45, 2.75) is 37.8 Å². The van der Waals surface area contributed by atoms with Crippen LogP contribution >= 0.6 is 0 Å². The van der Waals surface area contributed by atoms with E-state index in [1.807, 2.05) is 0 Å². The van der Waals surface area contributed by atoms with Crippen LogP contribution in [0.2, 0.25) is 0 Å². The molecule has 1 unspecified atom stereocenters. The summed E-state index contributed by atoms with van der Waals surface area (Å²) in [7, 11) is 2.08. The van der Waals surface area contributed by atoms with Crippen molar-refractivity contribution in [2.24, 2.45) is 5.92 Å². The highest BCUT2D eigenvalue weighted by atomic mass is 16.5. The second kappa shape index (κ2) is 5.10. The van der Waals surface area contributed by atoms with Gasteiger partial charge in [-0.2, -0.15) is 0 Å². The first-order valence-electron chi connectivity index (χ1n) is 5.91. The molecule has 3 atom stereocenters. The number of hydrogen-bond donors (Lipinski definition) is 2. The second-order valence-corrected chi connectivity index (χ2v) is 4.46. The third kappa shape index (κ3) is 2.27. The minimum atomic E-state index is 0.446. The highest BCUT2D eigenvalue weighted by Gasteiger charge is 2.32. The summed E-state index contributed by atoms with van der Waals surface area (Å²) in [6, 6.07) is 0.675. The van der Waals surface area contributed by atoms with Crippen LogP contribution in [0.25, 0.3) is 0 Å². The molecule has 3 heteroatoms. The Morgan fingerprint density at radius 2 is 2.14 bits per heavy atom. The number of ether oxygens (including phenoxy) is 1. The molecular weight excluding hydrogens is 176 g/mol. The van der Waals surface area contributed by atoms with Gasteiger partial charge in [-0.3, -0.25) is 0 Å². The first-order valence-corrected chi connectivity index (χ1v) is 5.91. The van der Waals surface area contributed by atoms with Gasteiger partial charge in [-0.15, -0.1) is 0 Å². The lowest BCUT2D eigenvalue weighted by molar-refractivity contribution is -0.0285. The molecule has 1 heterocycles. The van der Waals surface area contributed by atoms with Crippen molar-refractivity contribution in [3.63, 3.8) is 0 Å². The summed E-state index contributed by atoms with van der Waals surface area (Å²) in [4.78, 5) is 0. The molecule has 3 nitrogen and oxygen atoms in total. The van der Waals surface area contributed by atoms with E-state index in [-0.39, 0.29) is 0 Å². The summed E-state index contributed by atoms with van der Waals surface area (Å²) < 4.78 is 5.85. The van der Waals surface area contributed by atoms with Crippen LogP contribution in [-0.2, 0) is 4.74 Å². The van der Waals surface area contributed by atoms with Crippen LogP contribution in [-0.4, -0.2) is 38.9 Å². The highest BCUT2D eigenvalue weighted by molar-refractivity contribution is 4.87. The van der Waals surface area contributed by atoms with Crippen molar-refractivity contribution in [3.8, 4) is 0 Å².